The smallest absolute Gasteiger partial charge is 0.230 e. The molecule has 1 heterocycles. The van der Waals surface area contributed by atoms with Gasteiger partial charge in [0.15, 0.2) is 5.16 Å². The molecular formula is C15H20N4O2S. The minimum atomic E-state index is -0.0327. The second-order valence-corrected chi connectivity index (χ2v) is 5.69. The number of methoxy groups -OCH3 is 1. The molecule has 22 heavy (non-hydrogen) atoms. The quantitative estimate of drug-likeness (QED) is 0.586. The largest absolute Gasteiger partial charge is 0.383 e. The van der Waals surface area contributed by atoms with Crippen molar-refractivity contribution in [3.63, 3.8) is 0 Å². The second-order valence-electron chi connectivity index (χ2n) is 4.75. The van der Waals surface area contributed by atoms with E-state index < -0.39 is 0 Å². The van der Waals surface area contributed by atoms with E-state index >= 15 is 0 Å². The Kier molecular flexibility index (Phi) is 6.42. The predicted octanol–water partition coefficient (Wildman–Crippen LogP) is 1.26. The number of amides is 1. The third-order valence-corrected chi connectivity index (χ3v) is 4.11. The Morgan fingerprint density at radius 1 is 1.32 bits per heavy atom. The average molecular weight is 320 g/mol. The van der Waals surface area contributed by atoms with E-state index in [0.717, 1.165) is 17.4 Å². The van der Waals surface area contributed by atoms with E-state index in [9.17, 15) is 4.79 Å². The summed E-state index contributed by atoms with van der Waals surface area (Å²) in [5, 5.41) is 11.9. The van der Waals surface area contributed by atoms with E-state index in [1.54, 1.807) is 7.11 Å². The third kappa shape index (κ3) is 4.85. The van der Waals surface area contributed by atoms with E-state index in [-0.39, 0.29) is 5.91 Å². The molecule has 0 atom stereocenters. The van der Waals surface area contributed by atoms with Crippen LogP contribution in [-0.2, 0) is 23.0 Å². The number of carbonyl (C=O) groups is 1. The minimum Gasteiger partial charge on any atom is -0.383 e. The van der Waals surface area contributed by atoms with Gasteiger partial charge >= 0.3 is 0 Å². The van der Waals surface area contributed by atoms with Crippen LogP contribution in [0.4, 0.5) is 0 Å². The first kappa shape index (κ1) is 16.5. The predicted molar refractivity (Wildman–Crippen MR) is 85.9 cm³/mol. The lowest BCUT2D eigenvalue weighted by atomic mass is 10.1. The van der Waals surface area contributed by atoms with E-state index in [0.29, 0.717) is 18.9 Å². The van der Waals surface area contributed by atoms with Gasteiger partial charge in [0.1, 0.15) is 5.82 Å². The van der Waals surface area contributed by atoms with Gasteiger partial charge in [0.2, 0.25) is 5.91 Å². The first-order valence-electron chi connectivity index (χ1n) is 7.01. The van der Waals surface area contributed by atoms with Crippen LogP contribution in [0, 0.1) is 0 Å². The molecule has 0 aliphatic heterocycles. The van der Waals surface area contributed by atoms with E-state index in [1.165, 1.54) is 17.3 Å². The van der Waals surface area contributed by atoms with Gasteiger partial charge in [-0.05, 0) is 5.56 Å². The first-order chi connectivity index (χ1) is 10.7. The highest BCUT2D eigenvalue weighted by molar-refractivity contribution is 7.99. The zero-order valence-corrected chi connectivity index (χ0v) is 13.6. The Bertz CT molecular complexity index is 601. The topological polar surface area (TPSA) is 69.0 Å². The number of thioether (sulfide) groups is 1. The number of ether oxygens (including phenoxy) is 1. The number of benzene rings is 1. The SMILES string of the molecule is COCCNC(=O)CSc1nnc(Cc2ccccc2)n1C. The maximum absolute atomic E-state index is 11.7. The van der Waals surface area contributed by atoms with Crippen LogP contribution in [0.15, 0.2) is 35.5 Å². The zero-order valence-electron chi connectivity index (χ0n) is 12.8. The van der Waals surface area contributed by atoms with Crippen LogP contribution in [0.2, 0.25) is 0 Å². The van der Waals surface area contributed by atoms with Crippen molar-refractivity contribution in [3.05, 3.63) is 41.7 Å². The first-order valence-corrected chi connectivity index (χ1v) is 8.00. The molecule has 2 aromatic rings. The number of hydrogen-bond acceptors (Lipinski definition) is 5. The van der Waals surface area contributed by atoms with Gasteiger partial charge in [-0.15, -0.1) is 10.2 Å². The van der Waals surface area contributed by atoms with Crippen molar-refractivity contribution in [1.82, 2.24) is 20.1 Å². The zero-order chi connectivity index (χ0) is 15.8. The van der Waals surface area contributed by atoms with Crippen LogP contribution in [0.3, 0.4) is 0 Å². The highest BCUT2D eigenvalue weighted by Gasteiger charge is 2.11. The monoisotopic (exact) mass is 320 g/mol. The van der Waals surface area contributed by atoms with Gasteiger partial charge in [0, 0.05) is 27.1 Å². The summed E-state index contributed by atoms with van der Waals surface area (Å²) in [5.74, 6) is 1.17. The van der Waals surface area contributed by atoms with E-state index in [2.05, 4.69) is 27.6 Å². The lowest BCUT2D eigenvalue weighted by molar-refractivity contribution is -0.118. The van der Waals surface area contributed by atoms with Crippen LogP contribution in [0.5, 0.6) is 0 Å². The summed E-state index contributed by atoms with van der Waals surface area (Å²) in [4.78, 5) is 11.7. The normalized spacial score (nSPS) is 10.6. The number of aromatic nitrogens is 3. The van der Waals surface area contributed by atoms with Gasteiger partial charge in [-0.3, -0.25) is 4.79 Å². The van der Waals surface area contributed by atoms with Crippen molar-refractivity contribution in [2.45, 2.75) is 11.6 Å². The number of carbonyl (C=O) groups excluding carboxylic acids is 1. The van der Waals surface area contributed by atoms with Gasteiger partial charge in [-0.1, -0.05) is 42.1 Å². The molecule has 0 radical (unpaired) electrons. The highest BCUT2D eigenvalue weighted by atomic mass is 32.2. The molecule has 0 saturated heterocycles. The standard InChI is InChI=1S/C15H20N4O2S/c1-19-13(10-12-6-4-3-5-7-12)17-18-15(19)22-11-14(20)16-8-9-21-2/h3-7H,8-11H2,1-2H3,(H,16,20). The van der Waals surface area contributed by atoms with Crippen LogP contribution < -0.4 is 5.32 Å². The lowest BCUT2D eigenvalue weighted by Gasteiger charge is -2.05. The molecule has 0 unspecified atom stereocenters. The third-order valence-electron chi connectivity index (χ3n) is 3.09. The molecule has 118 valence electrons. The fourth-order valence-electron chi connectivity index (χ4n) is 1.88. The molecular weight excluding hydrogens is 300 g/mol. The van der Waals surface area contributed by atoms with Crippen LogP contribution in [0.1, 0.15) is 11.4 Å². The lowest BCUT2D eigenvalue weighted by Crippen LogP contribution is -2.28. The van der Waals surface area contributed by atoms with Crippen molar-refractivity contribution >= 4 is 17.7 Å². The number of nitrogens with zero attached hydrogens (tertiary/aromatic N) is 3. The Balaban J connectivity index is 1.87. The number of nitrogens with one attached hydrogen (secondary N) is 1. The molecule has 0 aliphatic rings. The molecule has 1 aromatic carbocycles. The highest BCUT2D eigenvalue weighted by Crippen LogP contribution is 2.17. The molecule has 2 rings (SSSR count). The van der Waals surface area contributed by atoms with Crippen molar-refractivity contribution in [1.29, 1.82) is 0 Å². The van der Waals surface area contributed by atoms with Gasteiger partial charge < -0.3 is 14.6 Å². The Morgan fingerprint density at radius 3 is 2.82 bits per heavy atom. The minimum absolute atomic E-state index is 0.0327. The van der Waals surface area contributed by atoms with Crippen molar-refractivity contribution in [2.75, 3.05) is 26.0 Å². The number of hydrogen-bond donors (Lipinski definition) is 1. The van der Waals surface area contributed by atoms with E-state index in [1.807, 2.05) is 29.8 Å². The second kappa shape index (κ2) is 8.55. The van der Waals surface area contributed by atoms with Crippen LogP contribution >= 0.6 is 11.8 Å². The Morgan fingerprint density at radius 2 is 2.09 bits per heavy atom. The Labute approximate surface area is 134 Å². The molecule has 0 fully saturated rings. The average Bonchev–Trinajstić information content (AvgIpc) is 2.87. The van der Waals surface area contributed by atoms with Gasteiger partial charge in [-0.2, -0.15) is 0 Å². The summed E-state index contributed by atoms with van der Waals surface area (Å²) in [7, 11) is 3.53. The van der Waals surface area contributed by atoms with Gasteiger partial charge in [0.05, 0.1) is 12.4 Å². The summed E-state index contributed by atoms with van der Waals surface area (Å²) in [6.07, 6.45) is 0.727. The Hall–Kier alpha value is -1.86. The molecule has 0 spiro atoms. The van der Waals surface area contributed by atoms with Crippen molar-refractivity contribution < 1.29 is 9.53 Å². The molecule has 0 aliphatic carbocycles. The summed E-state index contributed by atoms with van der Waals surface area (Å²) < 4.78 is 6.82. The van der Waals surface area contributed by atoms with Crippen molar-refractivity contribution in [3.8, 4) is 0 Å². The molecule has 1 N–H and O–H groups in total. The van der Waals surface area contributed by atoms with Crippen LogP contribution in [0.25, 0.3) is 0 Å². The molecule has 6 nitrogen and oxygen atoms in total. The fourth-order valence-corrected chi connectivity index (χ4v) is 2.64. The maximum atomic E-state index is 11.7. The summed E-state index contributed by atoms with van der Waals surface area (Å²) >= 11 is 1.38. The molecule has 1 aromatic heterocycles. The molecule has 7 heteroatoms. The summed E-state index contributed by atoms with van der Waals surface area (Å²) in [6.45, 7) is 1.04. The van der Waals surface area contributed by atoms with Crippen LogP contribution in [-0.4, -0.2) is 46.7 Å². The molecule has 0 saturated carbocycles. The summed E-state index contributed by atoms with van der Waals surface area (Å²) in [5.41, 5.74) is 1.19. The maximum Gasteiger partial charge on any atom is 0.230 e. The number of rotatable bonds is 8. The molecule has 1 amide bonds. The summed E-state index contributed by atoms with van der Waals surface area (Å²) in [6, 6.07) is 10.1. The van der Waals surface area contributed by atoms with Crippen molar-refractivity contribution in [2.24, 2.45) is 7.05 Å². The van der Waals surface area contributed by atoms with E-state index in [4.69, 9.17) is 4.74 Å². The van der Waals surface area contributed by atoms with Gasteiger partial charge in [-0.25, -0.2) is 0 Å². The molecule has 0 bridgehead atoms. The van der Waals surface area contributed by atoms with Gasteiger partial charge in [0.25, 0.3) is 0 Å². The fraction of sp³-hybridized carbons (Fsp3) is 0.400.